The maximum atomic E-state index is 12.1. The van der Waals surface area contributed by atoms with Crippen LogP contribution in [0.15, 0.2) is 22.5 Å². The molecule has 1 aromatic heterocycles. The maximum absolute atomic E-state index is 12.1. The summed E-state index contributed by atoms with van der Waals surface area (Å²) >= 11 is 1.66. The van der Waals surface area contributed by atoms with Gasteiger partial charge in [0.2, 0.25) is 0 Å². The highest BCUT2D eigenvalue weighted by molar-refractivity contribution is 7.91. The Bertz CT molecular complexity index is 624. The fourth-order valence-electron chi connectivity index (χ4n) is 3.54. The quantitative estimate of drug-likeness (QED) is 0.910. The Morgan fingerprint density at radius 1 is 1.60 bits per heavy atom. The van der Waals surface area contributed by atoms with Crippen LogP contribution >= 0.6 is 11.3 Å². The first-order valence-electron chi connectivity index (χ1n) is 6.72. The average Bonchev–Trinajstić information content (AvgIpc) is 3.06. The van der Waals surface area contributed by atoms with E-state index < -0.39 is 15.4 Å². The third-order valence-electron chi connectivity index (χ3n) is 4.42. The number of nitrogens with two attached hydrogens (primary N) is 1. The number of nitrogens with zero attached hydrogens (tertiary/aromatic N) is 2. The Hall–Kier alpha value is -1.08. The Morgan fingerprint density at radius 3 is 3.05 bits per heavy atom. The minimum absolute atomic E-state index is 0.361. The highest BCUT2D eigenvalue weighted by atomic mass is 32.2. The third kappa shape index (κ3) is 2.13. The molecule has 0 bridgehead atoms. The van der Waals surface area contributed by atoms with Crippen molar-refractivity contribution in [1.82, 2.24) is 4.90 Å². The van der Waals surface area contributed by atoms with Gasteiger partial charge in [-0.05, 0) is 30.7 Å². The molecule has 20 heavy (non-hydrogen) atoms. The summed E-state index contributed by atoms with van der Waals surface area (Å²) in [4.78, 5) is 7.57. The van der Waals surface area contributed by atoms with Gasteiger partial charge in [-0.25, -0.2) is 8.42 Å². The normalized spacial score (nSPS) is 30.1. The van der Waals surface area contributed by atoms with Crippen LogP contribution in [0.1, 0.15) is 24.1 Å². The Morgan fingerprint density at radius 2 is 2.40 bits per heavy atom. The zero-order valence-corrected chi connectivity index (χ0v) is 13.1. The summed E-state index contributed by atoms with van der Waals surface area (Å²) in [6, 6.07) is 4.05. The van der Waals surface area contributed by atoms with Crippen LogP contribution < -0.4 is 5.73 Å². The van der Waals surface area contributed by atoms with E-state index >= 15 is 0 Å². The molecule has 1 fully saturated rings. The lowest BCUT2D eigenvalue weighted by Gasteiger charge is -2.39. The van der Waals surface area contributed by atoms with Crippen molar-refractivity contribution in [3.8, 4) is 0 Å². The van der Waals surface area contributed by atoms with Crippen LogP contribution in [-0.2, 0) is 16.4 Å². The van der Waals surface area contributed by atoms with Crippen LogP contribution in [-0.4, -0.2) is 42.9 Å². The van der Waals surface area contributed by atoms with Crippen LogP contribution in [0.5, 0.6) is 0 Å². The summed E-state index contributed by atoms with van der Waals surface area (Å²) in [6.45, 7) is 1.15. The first-order chi connectivity index (χ1) is 9.43. The molecule has 1 aliphatic heterocycles. The van der Waals surface area contributed by atoms with Gasteiger partial charge in [-0.3, -0.25) is 4.99 Å². The van der Waals surface area contributed by atoms with Gasteiger partial charge in [0, 0.05) is 11.1 Å². The lowest BCUT2D eigenvalue weighted by molar-refractivity contribution is 0.203. The van der Waals surface area contributed by atoms with E-state index in [9.17, 15) is 8.42 Å². The molecule has 110 valence electrons. The van der Waals surface area contributed by atoms with Crippen molar-refractivity contribution < 1.29 is 8.42 Å². The van der Waals surface area contributed by atoms with Crippen molar-refractivity contribution in [3.63, 3.8) is 0 Å². The summed E-state index contributed by atoms with van der Waals surface area (Å²) in [7, 11) is -3.10. The van der Waals surface area contributed by atoms with Gasteiger partial charge in [0.15, 0.2) is 15.8 Å². The second-order valence-corrected chi connectivity index (χ2v) is 8.91. The molecule has 5 nitrogen and oxygen atoms in total. The topological polar surface area (TPSA) is 75.8 Å². The van der Waals surface area contributed by atoms with E-state index in [0.717, 1.165) is 12.8 Å². The maximum Gasteiger partial charge on any atom is 0.192 e. The largest absolute Gasteiger partial charge is 0.370 e. The van der Waals surface area contributed by atoms with Gasteiger partial charge < -0.3 is 10.6 Å². The third-order valence-corrected chi connectivity index (χ3v) is 6.98. The number of hydrogen-bond donors (Lipinski definition) is 1. The molecule has 1 saturated carbocycles. The van der Waals surface area contributed by atoms with Crippen LogP contribution in [0.25, 0.3) is 0 Å². The summed E-state index contributed by atoms with van der Waals surface area (Å²) in [5.41, 5.74) is 5.61. The van der Waals surface area contributed by atoms with E-state index in [1.165, 1.54) is 11.1 Å². The molecule has 2 aliphatic rings. The van der Waals surface area contributed by atoms with E-state index in [1.807, 2.05) is 22.4 Å². The molecule has 2 N–H and O–H groups in total. The lowest BCUT2D eigenvalue weighted by Crippen LogP contribution is -2.57. The SMILES string of the molecule is CS(=O)(=O)C1CCCC12CN=C(N)N2Cc1cccs1. The number of rotatable bonds is 3. The number of sulfone groups is 1. The molecule has 2 heterocycles. The van der Waals surface area contributed by atoms with Crippen molar-refractivity contribution in [2.24, 2.45) is 10.7 Å². The molecule has 0 radical (unpaired) electrons. The minimum atomic E-state index is -3.10. The van der Waals surface area contributed by atoms with Gasteiger partial charge in [-0.15, -0.1) is 11.3 Å². The molecule has 2 atom stereocenters. The van der Waals surface area contributed by atoms with Crippen LogP contribution in [0.4, 0.5) is 0 Å². The first-order valence-corrected chi connectivity index (χ1v) is 9.56. The monoisotopic (exact) mass is 313 g/mol. The summed E-state index contributed by atoms with van der Waals surface area (Å²) in [5, 5.41) is 1.66. The minimum Gasteiger partial charge on any atom is -0.370 e. The number of thiophene rings is 1. The van der Waals surface area contributed by atoms with E-state index in [4.69, 9.17) is 5.73 Å². The zero-order chi connectivity index (χ0) is 14.4. The lowest BCUT2D eigenvalue weighted by atomic mass is 9.96. The Kier molecular flexibility index (Phi) is 3.29. The zero-order valence-electron chi connectivity index (χ0n) is 11.4. The van der Waals surface area contributed by atoms with Gasteiger partial charge in [0.05, 0.1) is 23.9 Å². The highest BCUT2D eigenvalue weighted by Crippen LogP contribution is 2.43. The number of hydrogen-bond acceptors (Lipinski definition) is 6. The fraction of sp³-hybridized carbons (Fsp3) is 0.615. The highest BCUT2D eigenvalue weighted by Gasteiger charge is 2.54. The van der Waals surface area contributed by atoms with E-state index in [1.54, 1.807) is 11.3 Å². The fourth-order valence-corrected chi connectivity index (χ4v) is 5.94. The Labute approximate surface area is 123 Å². The molecule has 3 rings (SSSR count). The van der Waals surface area contributed by atoms with Crippen molar-refractivity contribution in [2.45, 2.75) is 36.6 Å². The number of guanidine groups is 1. The summed E-state index contributed by atoms with van der Waals surface area (Å²) in [5.74, 6) is 0.481. The van der Waals surface area contributed by atoms with Crippen LogP contribution in [0.2, 0.25) is 0 Å². The molecular formula is C13H19N3O2S2. The van der Waals surface area contributed by atoms with E-state index in [2.05, 4.69) is 4.99 Å². The molecule has 0 amide bonds. The van der Waals surface area contributed by atoms with E-state index in [-0.39, 0.29) is 5.25 Å². The average molecular weight is 313 g/mol. The summed E-state index contributed by atoms with van der Waals surface area (Å²) in [6.07, 6.45) is 3.81. The van der Waals surface area contributed by atoms with Gasteiger partial charge in [0.1, 0.15) is 0 Å². The standard InChI is InChI=1S/C13H19N3O2S2/c1-20(17,18)11-5-2-6-13(11)9-15-12(14)16(13)8-10-4-3-7-19-10/h3-4,7,11H,2,5-6,8-9H2,1H3,(H2,14,15). The van der Waals surface area contributed by atoms with Gasteiger partial charge in [-0.1, -0.05) is 6.07 Å². The van der Waals surface area contributed by atoms with Gasteiger partial charge in [-0.2, -0.15) is 0 Å². The predicted molar refractivity (Wildman–Crippen MR) is 81.6 cm³/mol. The first kappa shape index (κ1) is 13.9. The van der Waals surface area contributed by atoms with Crippen molar-refractivity contribution in [3.05, 3.63) is 22.4 Å². The molecule has 0 saturated heterocycles. The molecule has 0 aromatic carbocycles. The molecule has 2 unspecified atom stereocenters. The van der Waals surface area contributed by atoms with E-state index in [0.29, 0.717) is 25.5 Å². The Balaban J connectivity index is 1.95. The van der Waals surface area contributed by atoms with Crippen molar-refractivity contribution >= 4 is 27.1 Å². The second kappa shape index (κ2) is 4.73. The molecule has 7 heteroatoms. The molecule has 1 spiro atoms. The van der Waals surface area contributed by atoms with Crippen LogP contribution in [0.3, 0.4) is 0 Å². The summed E-state index contributed by atoms with van der Waals surface area (Å²) < 4.78 is 24.3. The number of aliphatic imine (C=N–C) groups is 1. The van der Waals surface area contributed by atoms with Crippen molar-refractivity contribution in [2.75, 3.05) is 12.8 Å². The second-order valence-electron chi connectivity index (χ2n) is 5.65. The molecule has 1 aromatic rings. The molecule has 1 aliphatic carbocycles. The molecular weight excluding hydrogens is 294 g/mol. The van der Waals surface area contributed by atoms with Crippen LogP contribution in [0, 0.1) is 0 Å². The van der Waals surface area contributed by atoms with Gasteiger partial charge in [0.25, 0.3) is 0 Å². The van der Waals surface area contributed by atoms with Crippen molar-refractivity contribution in [1.29, 1.82) is 0 Å². The predicted octanol–water partition coefficient (Wildman–Crippen LogP) is 1.21. The smallest absolute Gasteiger partial charge is 0.192 e. The van der Waals surface area contributed by atoms with Gasteiger partial charge >= 0.3 is 0 Å².